The summed E-state index contributed by atoms with van der Waals surface area (Å²) >= 11 is 0. The molecule has 0 N–H and O–H groups in total. The van der Waals surface area contributed by atoms with Crippen molar-refractivity contribution < 1.29 is 0 Å². The van der Waals surface area contributed by atoms with Gasteiger partial charge in [0, 0.05) is 10.9 Å². The van der Waals surface area contributed by atoms with Crippen molar-refractivity contribution in [3.8, 4) is 22.4 Å². The molecule has 4 aromatic carbocycles. The quantitative estimate of drug-likeness (QED) is 0.368. The number of aryl methyl sites for hydroxylation is 1. The first-order valence-corrected chi connectivity index (χ1v) is 9.11. The molecule has 27 heavy (non-hydrogen) atoms. The van der Waals surface area contributed by atoms with Crippen LogP contribution in [-0.4, -0.2) is 9.97 Å². The summed E-state index contributed by atoms with van der Waals surface area (Å²) in [6, 6.07) is 31.8. The molecule has 0 spiro atoms. The number of benzene rings is 4. The Kier molecular flexibility index (Phi) is 3.68. The minimum atomic E-state index is 0.791. The van der Waals surface area contributed by atoms with Crippen molar-refractivity contribution in [2.24, 2.45) is 0 Å². The van der Waals surface area contributed by atoms with Crippen molar-refractivity contribution >= 4 is 21.7 Å². The zero-order valence-corrected chi connectivity index (χ0v) is 15.1. The van der Waals surface area contributed by atoms with E-state index < -0.39 is 0 Å². The van der Waals surface area contributed by atoms with Gasteiger partial charge in [-0.15, -0.1) is 0 Å². The van der Waals surface area contributed by atoms with Crippen LogP contribution in [0.5, 0.6) is 0 Å². The summed E-state index contributed by atoms with van der Waals surface area (Å²) in [5.74, 6) is 0.791. The lowest BCUT2D eigenvalue weighted by atomic mass is 9.96. The Bertz CT molecular complexity index is 1270. The minimum absolute atomic E-state index is 0.791. The minimum Gasteiger partial charge on any atom is -0.233 e. The molecule has 2 nitrogen and oxygen atoms in total. The molecular weight excluding hydrogens is 328 g/mol. The first kappa shape index (κ1) is 15.7. The van der Waals surface area contributed by atoms with E-state index in [1.165, 1.54) is 21.9 Å². The molecule has 1 heterocycles. The number of hydrogen-bond acceptors (Lipinski definition) is 2. The van der Waals surface area contributed by atoms with Gasteiger partial charge in [-0.25, -0.2) is 9.97 Å². The Morgan fingerprint density at radius 1 is 0.593 bits per heavy atom. The average molecular weight is 346 g/mol. The molecule has 0 saturated heterocycles. The molecule has 0 radical (unpaired) electrons. The summed E-state index contributed by atoms with van der Waals surface area (Å²) in [6.45, 7) is 1.95. The van der Waals surface area contributed by atoms with Gasteiger partial charge in [0.05, 0.1) is 11.2 Å². The maximum absolute atomic E-state index is 4.76. The smallest absolute Gasteiger partial charge is 0.126 e. The molecule has 5 aromatic rings. The molecule has 128 valence electrons. The molecule has 1 aromatic heterocycles. The molecular formula is C25H18N2. The molecule has 0 saturated carbocycles. The summed E-state index contributed by atoms with van der Waals surface area (Å²) < 4.78 is 0. The van der Waals surface area contributed by atoms with Crippen LogP contribution in [0.25, 0.3) is 44.1 Å². The molecule has 0 aliphatic heterocycles. The van der Waals surface area contributed by atoms with E-state index in [0.717, 1.165) is 28.0 Å². The highest BCUT2D eigenvalue weighted by molar-refractivity contribution is 6.01. The third kappa shape index (κ3) is 2.76. The normalized spacial score (nSPS) is 11.1. The molecule has 0 aliphatic carbocycles. The number of fused-ring (bicyclic) bond motifs is 2. The van der Waals surface area contributed by atoms with Crippen molar-refractivity contribution in [2.75, 3.05) is 0 Å². The van der Waals surface area contributed by atoms with Crippen LogP contribution in [0.2, 0.25) is 0 Å². The largest absolute Gasteiger partial charge is 0.233 e. The monoisotopic (exact) mass is 346 g/mol. The highest BCUT2D eigenvalue weighted by Crippen LogP contribution is 2.33. The highest BCUT2D eigenvalue weighted by Gasteiger charge is 2.11. The Morgan fingerprint density at radius 2 is 1.37 bits per heavy atom. The van der Waals surface area contributed by atoms with Crippen LogP contribution in [0.3, 0.4) is 0 Å². The topological polar surface area (TPSA) is 25.8 Å². The Hall–Kier alpha value is -3.52. The first-order chi connectivity index (χ1) is 13.3. The lowest BCUT2D eigenvalue weighted by Crippen LogP contribution is -1.94. The zero-order chi connectivity index (χ0) is 18.2. The number of aromatic nitrogens is 2. The molecule has 0 unspecified atom stereocenters. The third-order valence-corrected chi connectivity index (χ3v) is 4.96. The maximum Gasteiger partial charge on any atom is 0.126 e. The van der Waals surface area contributed by atoms with Gasteiger partial charge in [0.1, 0.15) is 5.82 Å². The highest BCUT2D eigenvalue weighted by atomic mass is 14.9. The SMILES string of the molecule is Cc1nc(-c2ccccc2)c2cc(-c3cccc4ccccc34)ccc2n1. The van der Waals surface area contributed by atoms with Gasteiger partial charge in [-0.05, 0) is 41.0 Å². The lowest BCUT2D eigenvalue weighted by molar-refractivity contribution is 1.10. The summed E-state index contributed by atoms with van der Waals surface area (Å²) in [5, 5.41) is 3.59. The van der Waals surface area contributed by atoms with E-state index in [2.05, 4.69) is 77.8 Å². The van der Waals surface area contributed by atoms with E-state index in [0.29, 0.717) is 0 Å². The van der Waals surface area contributed by atoms with E-state index in [9.17, 15) is 0 Å². The summed E-state index contributed by atoms with van der Waals surface area (Å²) in [7, 11) is 0. The molecule has 0 fully saturated rings. The van der Waals surface area contributed by atoms with E-state index in [-0.39, 0.29) is 0 Å². The standard InChI is InChI=1S/C25H18N2/c1-17-26-24-15-14-20(22-13-7-11-18-8-5-6-12-21(18)22)16-23(24)25(27-17)19-9-3-2-4-10-19/h2-16H,1H3. The van der Waals surface area contributed by atoms with Crippen LogP contribution in [0, 0.1) is 6.92 Å². The second-order valence-corrected chi connectivity index (χ2v) is 6.74. The van der Waals surface area contributed by atoms with Crippen LogP contribution < -0.4 is 0 Å². The van der Waals surface area contributed by atoms with Gasteiger partial charge in [0.25, 0.3) is 0 Å². The van der Waals surface area contributed by atoms with Crippen molar-refractivity contribution in [1.82, 2.24) is 9.97 Å². The van der Waals surface area contributed by atoms with Gasteiger partial charge >= 0.3 is 0 Å². The fraction of sp³-hybridized carbons (Fsp3) is 0.0400. The van der Waals surface area contributed by atoms with Gasteiger partial charge in [0.15, 0.2) is 0 Å². The van der Waals surface area contributed by atoms with Crippen LogP contribution >= 0.6 is 0 Å². The summed E-state index contributed by atoms with van der Waals surface area (Å²) in [4.78, 5) is 9.41. The van der Waals surface area contributed by atoms with E-state index in [1.807, 2.05) is 25.1 Å². The van der Waals surface area contributed by atoms with Gasteiger partial charge in [-0.1, -0.05) is 78.9 Å². The van der Waals surface area contributed by atoms with Gasteiger partial charge in [0.2, 0.25) is 0 Å². The molecule has 0 atom stereocenters. The summed E-state index contributed by atoms with van der Waals surface area (Å²) in [5.41, 5.74) is 5.49. The van der Waals surface area contributed by atoms with E-state index in [1.54, 1.807) is 0 Å². The Balaban J connectivity index is 1.80. The summed E-state index contributed by atoms with van der Waals surface area (Å²) in [6.07, 6.45) is 0. The second-order valence-electron chi connectivity index (χ2n) is 6.74. The van der Waals surface area contributed by atoms with E-state index >= 15 is 0 Å². The number of nitrogens with zero attached hydrogens (tertiary/aromatic N) is 2. The fourth-order valence-electron chi connectivity index (χ4n) is 3.71. The van der Waals surface area contributed by atoms with Gasteiger partial charge in [-0.2, -0.15) is 0 Å². The van der Waals surface area contributed by atoms with Crippen molar-refractivity contribution in [2.45, 2.75) is 6.92 Å². The van der Waals surface area contributed by atoms with Crippen LogP contribution in [0.15, 0.2) is 91.0 Å². The fourth-order valence-corrected chi connectivity index (χ4v) is 3.71. The van der Waals surface area contributed by atoms with Crippen LogP contribution in [-0.2, 0) is 0 Å². The predicted octanol–water partition coefficient (Wildman–Crippen LogP) is 6.43. The molecule has 2 heteroatoms. The molecule has 0 amide bonds. The zero-order valence-electron chi connectivity index (χ0n) is 15.1. The molecule has 0 bridgehead atoms. The van der Waals surface area contributed by atoms with Crippen LogP contribution in [0.1, 0.15) is 5.82 Å². The number of rotatable bonds is 2. The molecule has 5 rings (SSSR count). The van der Waals surface area contributed by atoms with Gasteiger partial charge < -0.3 is 0 Å². The van der Waals surface area contributed by atoms with Crippen molar-refractivity contribution in [3.63, 3.8) is 0 Å². The lowest BCUT2D eigenvalue weighted by Gasteiger charge is -2.11. The second kappa shape index (κ2) is 6.33. The third-order valence-electron chi connectivity index (χ3n) is 4.96. The van der Waals surface area contributed by atoms with Crippen molar-refractivity contribution in [1.29, 1.82) is 0 Å². The van der Waals surface area contributed by atoms with Gasteiger partial charge in [-0.3, -0.25) is 0 Å². The Labute approximate surface area is 158 Å². The van der Waals surface area contributed by atoms with Crippen molar-refractivity contribution in [3.05, 3.63) is 96.8 Å². The Morgan fingerprint density at radius 3 is 2.26 bits per heavy atom. The van der Waals surface area contributed by atoms with E-state index in [4.69, 9.17) is 4.98 Å². The predicted molar refractivity (Wildman–Crippen MR) is 113 cm³/mol. The molecule has 0 aliphatic rings. The average Bonchev–Trinajstić information content (AvgIpc) is 2.73. The number of hydrogen-bond donors (Lipinski definition) is 0. The van der Waals surface area contributed by atoms with Crippen LogP contribution in [0.4, 0.5) is 0 Å². The first-order valence-electron chi connectivity index (χ1n) is 9.11. The maximum atomic E-state index is 4.76.